The quantitative estimate of drug-likeness (QED) is 0.580. The van der Waals surface area contributed by atoms with Crippen molar-refractivity contribution in [2.75, 3.05) is 5.32 Å². The number of carbonyl (C=O) groups is 2. The molecule has 7 nitrogen and oxygen atoms in total. The van der Waals surface area contributed by atoms with Gasteiger partial charge in [-0.25, -0.2) is 4.79 Å². The molecule has 1 aromatic heterocycles. The molecule has 0 spiro atoms. The highest BCUT2D eigenvalue weighted by Gasteiger charge is 2.23. The Morgan fingerprint density at radius 1 is 1.50 bits per heavy atom. The number of amides is 3. The fraction of sp³-hybridized carbons (Fsp3) is 0.444. The molecule has 0 aromatic carbocycles. The number of anilines is 1. The van der Waals surface area contributed by atoms with Gasteiger partial charge in [0.2, 0.25) is 5.91 Å². The minimum absolute atomic E-state index is 0.0561. The molecule has 16 heavy (non-hydrogen) atoms. The number of nitrogens with two attached hydrogens (primary N) is 1. The second-order valence-corrected chi connectivity index (χ2v) is 3.71. The van der Waals surface area contributed by atoms with Crippen LogP contribution in [-0.4, -0.2) is 28.2 Å². The third-order valence-corrected chi connectivity index (χ3v) is 2.01. The van der Waals surface area contributed by atoms with Crippen LogP contribution in [0.3, 0.4) is 0 Å². The number of hydrogen-bond donors (Lipinski definition) is 4. The first-order valence-electron chi connectivity index (χ1n) is 4.86. The highest BCUT2D eigenvalue weighted by molar-refractivity contribution is 5.96. The number of urea groups is 1. The largest absolute Gasteiger partial charge is 0.352 e. The van der Waals surface area contributed by atoms with E-state index in [0.717, 1.165) is 0 Å². The van der Waals surface area contributed by atoms with Crippen LogP contribution >= 0.6 is 0 Å². The predicted molar refractivity (Wildman–Crippen MR) is 58.6 cm³/mol. The fourth-order valence-corrected chi connectivity index (χ4v) is 1.23. The highest BCUT2D eigenvalue weighted by atomic mass is 16.2. The van der Waals surface area contributed by atoms with Crippen molar-refractivity contribution < 1.29 is 9.59 Å². The summed E-state index contributed by atoms with van der Waals surface area (Å²) in [5.41, 5.74) is 5.54. The summed E-state index contributed by atoms with van der Waals surface area (Å²) >= 11 is 0. The molecular weight excluding hydrogens is 210 g/mol. The molecule has 0 saturated carbocycles. The summed E-state index contributed by atoms with van der Waals surface area (Å²) in [5.74, 6) is -0.380. The van der Waals surface area contributed by atoms with Gasteiger partial charge in [-0.2, -0.15) is 5.10 Å². The van der Waals surface area contributed by atoms with Crippen LogP contribution in [0.2, 0.25) is 0 Å². The van der Waals surface area contributed by atoms with E-state index in [0.29, 0.717) is 5.69 Å². The van der Waals surface area contributed by atoms with Gasteiger partial charge >= 0.3 is 6.03 Å². The Balaban J connectivity index is 2.64. The minimum Gasteiger partial charge on any atom is -0.352 e. The van der Waals surface area contributed by atoms with E-state index < -0.39 is 12.1 Å². The second kappa shape index (κ2) is 5.15. The minimum atomic E-state index is -0.721. The molecule has 7 heteroatoms. The zero-order valence-corrected chi connectivity index (χ0v) is 9.15. The Bertz CT molecular complexity index is 360. The van der Waals surface area contributed by atoms with Crippen molar-refractivity contribution in [3.63, 3.8) is 0 Å². The van der Waals surface area contributed by atoms with Crippen LogP contribution in [-0.2, 0) is 4.79 Å². The number of nitrogens with one attached hydrogen (secondary N) is 3. The maximum Gasteiger partial charge on any atom is 0.312 e. The predicted octanol–water partition coefficient (Wildman–Crippen LogP) is 0.0411. The molecule has 1 rings (SSSR count). The van der Waals surface area contributed by atoms with Crippen molar-refractivity contribution in [3.05, 3.63) is 12.4 Å². The Morgan fingerprint density at radius 3 is 2.62 bits per heavy atom. The third kappa shape index (κ3) is 3.26. The monoisotopic (exact) mass is 225 g/mol. The molecule has 1 unspecified atom stereocenters. The topological polar surface area (TPSA) is 113 Å². The van der Waals surface area contributed by atoms with Crippen molar-refractivity contribution >= 4 is 17.6 Å². The molecule has 0 fully saturated rings. The molecule has 0 aliphatic rings. The first kappa shape index (κ1) is 12.0. The van der Waals surface area contributed by atoms with E-state index in [2.05, 4.69) is 20.8 Å². The van der Waals surface area contributed by atoms with Crippen LogP contribution in [0.1, 0.15) is 13.8 Å². The fourth-order valence-electron chi connectivity index (χ4n) is 1.23. The number of H-pyrrole nitrogens is 1. The van der Waals surface area contributed by atoms with Crippen LogP contribution in [0, 0.1) is 5.92 Å². The molecule has 3 amide bonds. The number of hydrogen-bond acceptors (Lipinski definition) is 3. The third-order valence-electron chi connectivity index (χ3n) is 2.01. The molecule has 88 valence electrons. The molecule has 1 aromatic rings. The number of carbonyl (C=O) groups excluding carboxylic acids is 2. The summed E-state index contributed by atoms with van der Waals surface area (Å²) in [7, 11) is 0. The Labute approximate surface area is 92.8 Å². The summed E-state index contributed by atoms with van der Waals surface area (Å²) in [6, 6.07) is -1.38. The van der Waals surface area contributed by atoms with Crippen LogP contribution in [0.25, 0.3) is 0 Å². The summed E-state index contributed by atoms with van der Waals surface area (Å²) < 4.78 is 0. The second-order valence-electron chi connectivity index (χ2n) is 3.71. The average molecular weight is 225 g/mol. The van der Waals surface area contributed by atoms with Gasteiger partial charge in [-0.1, -0.05) is 13.8 Å². The molecule has 5 N–H and O–H groups in total. The van der Waals surface area contributed by atoms with Crippen molar-refractivity contribution in [1.29, 1.82) is 0 Å². The standard InChI is InChI=1S/C9H15N5O2/c1-5(2)7(14-9(10)16)8(15)13-6-3-11-12-4-6/h3-5,7H,1-2H3,(H,11,12)(H,13,15)(H3,10,14,16). The van der Waals surface area contributed by atoms with Gasteiger partial charge in [0.05, 0.1) is 11.9 Å². The van der Waals surface area contributed by atoms with Gasteiger partial charge in [0.1, 0.15) is 6.04 Å². The Hall–Kier alpha value is -2.05. The molecule has 1 heterocycles. The van der Waals surface area contributed by atoms with Crippen LogP contribution in [0.5, 0.6) is 0 Å². The lowest BCUT2D eigenvalue weighted by molar-refractivity contribution is -0.118. The molecule has 0 saturated heterocycles. The summed E-state index contributed by atoms with van der Waals surface area (Å²) in [6.07, 6.45) is 3.01. The Morgan fingerprint density at radius 2 is 2.19 bits per heavy atom. The lowest BCUT2D eigenvalue weighted by atomic mass is 10.0. The van der Waals surface area contributed by atoms with E-state index in [4.69, 9.17) is 5.73 Å². The zero-order chi connectivity index (χ0) is 12.1. The van der Waals surface area contributed by atoms with Gasteiger partial charge in [0.25, 0.3) is 0 Å². The van der Waals surface area contributed by atoms with Crippen LogP contribution < -0.4 is 16.4 Å². The molecule has 1 atom stereocenters. The van der Waals surface area contributed by atoms with Crippen LogP contribution in [0.4, 0.5) is 10.5 Å². The number of aromatic nitrogens is 2. The van der Waals surface area contributed by atoms with Gasteiger partial charge in [-0.15, -0.1) is 0 Å². The number of primary amides is 1. The van der Waals surface area contributed by atoms with Crippen molar-refractivity contribution in [1.82, 2.24) is 15.5 Å². The maximum atomic E-state index is 11.8. The highest BCUT2D eigenvalue weighted by Crippen LogP contribution is 2.07. The molecule has 0 aliphatic heterocycles. The number of aromatic amines is 1. The molecule has 0 bridgehead atoms. The van der Waals surface area contributed by atoms with Gasteiger partial charge in [0, 0.05) is 6.20 Å². The molecule has 0 radical (unpaired) electrons. The molecule has 0 aliphatic carbocycles. The van der Waals surface area contributed by atoms with Gasteiger partial charge in [0.15, 0.2) is 0 Å². The van der Waals surface area contributed by atoms with E-state index in [1.807, 2.05) is 13.8 Å². The zero-order valence-electron chi connectivity index (χ0n) is 9.15. The summed E-state index contributed by atoms with van der Waals surface area (Å²) in [5, 5.41) is 11.2. The number of nitrogens with zero attached hydrogens (tertiary/aromatic N) is 1. The van der Waals surface area contributed by atoms with E-state index in [9.17, 15) is 9.59 Å². The van der Waals surface area contributed by atoms with Crippen molar-refractivity contribution in [2.24, 2.45) is 11.7 Å². The molecular formula is C9H15N5O2. The van der Waals surface area contributed by atoms with Crippen molar-refractivity contribution in [3.8, 4) is 0 Å². The van der Waals surface area contributed by atoms with Gasteiger partial charge in [-0.3, -0.25) is 9.89 Å². The Kier molecular flexibility index (Phi) is 3.87. The van der Waals surface area contributed by atoms with E-state index >= 15 is 0 Å². The average Bonchev–Trinajstić information content (AvgIpc) is 2.65. The van der Waals surface area contributed by atoms with Crippen LogP contribution in [0.15, 0.2) is 12.4 Å². The van der Waals surface area contributed by atoms with E-state index in [1.54, 1.807) is 6.20 Å². The normalized spacial score (nSPS) is 12.2. The first-order valence-corrected chi connectivity index (χ1v) is 4.86. The van der Waals surface area contributed by atoms with Gasteiger partial charge in [-0.05, 0) is 5.92 Å². The summed E-state index contributed by atoms with van der Waals surface area (Å²) in [4.78, 5) is 22.5. The first-order chi connectivity index (χ1) is 7.50. The lowest BCUT2D eigenvalue weighted by Gasteiger charge is -2.19. The smallest absolute Gasteiger partial charge is 0.312 e. The van der Waals surface area contributed by atoms with E-state index in [1.165, 1.54) is 6.20 Å². The van der Waals surface area contributed by atoms with E-state index in [-0.39, 0.29) is 11.8 Å². The van der Waals surface area contributed by atoms with Gasteiger partial charge < -0.3 is 16.4 Å². The lowest BCUT2D eigenvalue weighted by Crippen LogP contribution is -2.49. The number of rotatable bonds is 4. The summed E-state index contributed by atoms with van der Waals surface area (Å²) in [6.45, 7) is 3.63. The maximum absolute atomic E-state index is 11.8. The van der Waals surface area contributed by atoms with Crippen molar-refractivity contribution in [2.45, 2.75) is 19.9 Å². The SMILES string of the molecule is CC(C)C(NC(N)=O)C(=O)Nc1cn[nH]c1.